The third kappa shape index (κ3) is 6.78. The number of furan rings is 1. The molecule has 0 bridgehead atoms. The third-order valence-corrected chi connectivity index (χ3v) is 15.7. The van der Waals surface area contributed by atoms with Gasteiger partial charge < -0.3 is 63.5 Å². The predicted octanol–water partition coefficient (Wildman–Crippen LogP) is 4.23. The van der Waals surface area contributed by atoms with Crippen molar-refractivity contribution < 1.29 is 63.5 Å². The first-order valence-corrected chi connectivity index (χ1v) is 20.7. The molecular formula is C41H64O13. The molecule has 0 radical (unpaired) electrons. The molecule has 4 aliphatic carbocycles. The van der Waals surface area contributed by atoms with E-state index in [1.807, 2.05) is 6.92 Å². The van der Waals surface area contributed by atoms with Crippen LogP contribution >= 0.6 is 0 Å². The lowest BCUT2D eigenvalue weighted by molar-refractivity contribution is -0.336. The van der Waals surface area contributed by atoms with Gasteiger partial charge >= 0.3 is 0 Å². The quantitative estimate of drug-likeness (QED) is 0.217. The highest BCUT2D eigenvalue weighted by Crippen LogP contribution is 2.70. The fourth-order valence-electron chi connectivity index (χ4n) is 12.7. The van der Waals surface area contributed by atoms with Crippen LogP contribution in [0.5, 0.6) is 5.95 Å². The molecular weight excluding hydrogens is 700 g/mol. The van der Waals surface area contributed by atoms with Crippen LogP contribution in [0.1, 0.15) is 123 Å². The highest BCUT2D eigenvalue weighted by atomic mass is 16.7. The average Bonchev–Trinajstić information content (AvgIpc) is 3.66. The Morgan fingerprint density at radius 3 is 1.87 bits per heavy atom. The summed E-state index contributed by atoms with van der Waals surface area (Å²) in [5, 5.41) is 64.9. The van der Waals surface area contributed by atoms with Gasteiger partial charge in [-0.25, -0.2) is 0 Å². The number of fused-ring (bicyclic) bond motifs is 5. The third-order valence-electron chi connectivity index (χ3n) is 15.7. The summed E-state index contributed by atoms with van der Waals surface area (Å²) >= 11 is 0. The molecule has 8 rings (SSSR count). The molecule has 0 amide bonds. The van der Waals surface area contributed by atoms with Crippen LogP contribution in [0, 0.1) is 28.6 Å². The highest BCUT2D eigenvalue weighted by molar-refractivity contribution is 5.29. The molecule has 7 fully saturated rings. The maximum Gasteiger partial charge on any atom is 0.281 e. The van der Waals surface area contributed by atoms with Crippen LogP contribution in [-0.4, -0.2) is 116 Å². The van der Waals surface area contributed by atoms with E-state index in [4.69, 9.17) is 32.8 Å². The average molecular weight is 765 g/mol. The minimum absolute atomic E-state index is 0.0261. The lowest BCUT2D eigenvalue weighted by atomic mass is 9.43. The number of rotatable bonds is 7. The molecule has 20 atom stereocenters. The van der Waals surface area contributed by atoms with E-state index in [-0.39, 0.29) is 54.0 Å². The van der Waals surface area contributed by atoms with E-state index in [2.05, 4.69) is 13.8 Å². The Hall–Kier alpha value is -1.36. The van der Waals surface area contributed by atoms with Gasteiger partial charge in [0.25, 0.3) is 5.95 Å². The zero-order valence-corrected chi connectivity index (χ0v) is 32.5. The zero-order valence-electron chi connectivity index (χ0n) is 32.5. The van der Waals surface area contributed by atoms with Gasteiger partial charge in [0, 0.05) is 30.7 Å². The summed E-state index contributed by atoms with van der Waals surface area (Å²) in [6.07, 6.45) is 1.92. The standard InChI is InChI=1S/C41H64O13/c1-20-36(46)29(42)16-34(49-20)53-38-22(3)51-35(18-31(38)44)54-37-21(2)50-33(17-30(37)43)52-25-8-11-39(4)24(15-25)6-7-28-27(39)9-12-40(5)26(10-13-41(28,40)47)23-14-32(45)48-19-23/h14,19-22,24-31,33-38,42-47H,6-13,15-18H2,1-5H3/t20-,21-,22-,24-,25+,26-,27+,28-,29+,30+,31+,33+,34+,35+,36-,37-,38-,39+,40-,41+/m1/s1. The Labute approximate surface area is 318 Å². The van der Waals surface area contributed by atoms with E-state index in [1.54, 1.807) is 26.2 Å². The van der Waals surface area contributed by atoms with Crippen molar-refractivity contribution in [3.63, 3.8) is 0 Å². The molecule has 7 aliphatic rings. The van der Waals surface area contributed by atoms with Gasteiger partial charge in [0.15, 0.2) is 18.9 Å². The minimum Gasteiger partial charge on any atom is -0.481 e. The fourth-order valence-corrected chi connectivity index (χ4v) is 12.7. The van der Waals surface area contributed by atoms with E-state index in [1.165, 1.54) is 0 Å². The molecule has 3 aliphatic heterocycles. The first-order chi connectivity index (χ1) is 25.6. The van der Waals surface area contributed by atoms with Gasteiger partial charge in [-0.3, -0.25) is 0 Å². The molecule has 3 saturated heterocycles. The monoisotopic (exact) mass is 764 g/mol. The summed E-state index contributed by atoms with van der Waals surface area (Å²) in [6.45, 7) is 10.0. The van der Waals surface area contributed by atoms with Gasteiger partial charge in [-0.1, -0.05) is 13.8 Å². The molecule has 13 heteroatoms. The van der Waals surface area contributed by atoms with Gasteiger partial charge in [0.1, 0.15) is 18.3 Å². The van der Waals surface area contributed by atoms with Crippen molar-refractivity contribution in [2.75, 3.05) is 0 Å². The number of aromatic hydroxyl groups is 1. The van der Waals surface area contributed by atoms with Gasteiger partial charge in [-0.15, -0.1) is 0 Å². The van der Waals surface area contributed by atoms with Gasteiger partial charge in [-0.05, 0) is 113 Å². The molecule has 0 spiro atoms. The first-order valence-electron chi connectivity index (χ1n) is 20.7. The number of aliphatic hydroxyl groups is 5. The Morgan fingerprint density at radius 2 is 1.28 bits per heavy atom. The van der Waals surface area contributed by atoms with E-state index in [9.17, 15) is 30.6 Å². The number of hydrogen-bond donors (Lipinski definition) is 6. The zero-order chi connectivity index (χ0) is 38.3. The molecule has 1 aromatic heterocycles. The Balaban J connectivity index is 0.828. The first kappa shape index (κ1) is 39.5. The van der Waals surface area contributed by atoms with Crippen molar-refractivity contribution in [2.24, 2.45) is 28.6 Å². The Morgan fingerprint density at radius 1 is 0.667 bits per heavy atom. The van der Waals surface area contributed by atoms with Gasteiger partial charge in [0.2, 0.25) is 0 Å². The van der Waals surface area contributed by atoms with Crippen molar-refractivity contribution in [1.29, 1.82) is 0 Å². The van der Waals surface area contributed by atoms with E-state index in [0.717, 1.165) is 63.4 Å². The van der Waals surface area contributed by atoms with Crippen LogP contribution in [0.25, 0.3) is 0 Å². The SMILES string of the molecule is C[C@H]1O[C@@H](O[C@H]2[C@@H](O)C[C@H](O[C@H]3[C@@H](O)C[C@H](O[C@H]4CC[C@@]5(C)[C@H](CC[C@@H]6[C@@H]5CC[C@]5(C)[C@@H](c7coc(O)c7)CC[C@]65O)C4)O[C@@H]3C)O[C@@H]2C)C[C@H](O)[C@@H]1O. The maximum absolute atomic E-state index is 12.6. The van der Waals surface area contributed by atoms with Crippen LogP contribution in [0.15, 0.2) is 16.7 Å². The smallest absolute Gasteiger partial charge is 0.281 e. The summed E-state index contributed by atoms with van der Waals surface area (Å²) in [5.41, 5.74) is 0.152. The van der Waals surface area contributed by atoms with Crippen LogP contribution in [0.3, 0.4) is 0 Å². The summed E-state index contributed by atoms with van der Waals surface area (Å²) in [7, 11) is 0. The van der Waals surface area contributed by atoms with Crippen molar-refractivity contribution in [3.8, 4) is 5.95 Å². The van der Waals surface area contributed by atoms with E-state index >= 15 is 0 Å². The van der Waals surface area contributed by atoms with E-state index in [0.29, 0.717) is 11.8 Å². The van der Waals surface area contributed by atoms with Crippen molar-refractivity contribution >= 4 is 0 Å². The van der Waals surface area contributed by atoms with Gasteiger partial charge in [0.05, 0.1) is 54.6 Å². The summed E-state index contributed by atoms with van der Waals surface area (Å²) in [4.78, 5) is 0. The summed E-state index contributed by atoms with van der Waals surface area (Å²) in [5.74, 6) is 1.32. The highest BCUT2D eigenvalue weighted by Gasteiger charge is 2.67. The molecule has 13 nitrogen and oxygen atoms in total. The number of ether oxygens (including phenoxy) is 6. The number of aliphatic hydroxyl groups excluding tert-OH is 4. The van der Waals surface area contributed by atoms with Crippen LogP contribution in [0.4, 0.5) is 0 Å². The molecule has 0 aromatic carbocycles. The summed E-state index contributed by atoms with van der Waals surface area (Å²) in [6, 6.07) is 1.73. The predicted molar refractivity (Wildman–Crippen MR) is 192 cm³/mol. The molecule has 1 aromatic rings. The van der Waals surface area contributed by atoms with Crippen LogP contribution < -0.4 is 0 Å². The van der Waals surface area contributed by atoms with Crippen molar-refractivity contribution in [1.82, 2.24) is 0 Å². The molecule has 4 saturated carbocycles. The second-order valence-corrected chi connectivity index (χ2v) is 18.6. The van der Waals surface area contributed by atoms with Crippen molar-refractivity contribution in [3.05, 3.63) is 17.9 Å². The molecule has 6 N–H and O–H groups in total. The van der Waals surface area contributed by atoms with Crippen LogP contribution in [-0.2, 0) is 28.4 Å². The van der Waals surface area contributed by atoms with Crippen LogP contribution in [0.2, 0.25) is 0 Å². The lowest BCUT2D eigenvalue weighted by Gasteiger charge is -2.63. The Bertz CT molecular complexity index is 1420. The second kappa shape index (κ2) is 14.8. The molecule has 0 unspecified atom stereocenters. The second-order valence-electron chi connectivity index (χ2n) is 18.6. The molecule has 54 heavy (non-hydrogen) atoms. The lowest BCUT2D eigenvalue weighted by Crippen LogP contribution is -2.62. The Kier molecular flexibility index (Phi) is 10.8. The summed E-state index contributed by atoms with van der Waals surface area (Å²) < 4.78 is 42.2. The van der Waals surface area contributed by atoms with Gasteiger partial charge in [-0.2, -0.15) is 0 Å². The maximum atomic E-state index is 12.6. The van der Waals surface area contributed by atoms with Crippen molar-refractivity contribution in [2.45, 2.75) is 203 Å². The van der Waals surface area contributed by atoms with E-state index < -0.39 is 79.4 Å². The normalized spacial score (nSPS) is 53.7. The number of hydrogen-bond acceptors (Lipinski definition) is 13. The largest absolute Gasteiger partial charge is 0.481 e. The topological polar surface area (TPSA) is 190 Å². The molecule has 306 valence electrons. The molecule has 4 heterocycles. The minimum atomic E-state index is -0.995. The fraction of sp³-hybridized carbons (Fsp3) is 0.902.